The lowest BCUT2D eigenvalue weighted by Gasteiger charge is -2.45. The third kappa shape index (κ3) is 3.45. The molecule has 0 spiro atoms. The summed E-state index contributed by atoms with van der Waals surface area (Å²) in [4.78, 5) is 2.50. The summed E-state index contributed by atoms with van der Waals surface area (Å²) in [6.45, 7) is 9.63. The maximum absolute atomic E-state index is 11.5. The van der Waals surface area contributed by atoms with Gasteiger partial charge in [0.05, 0.1) is 11.5 Å². The zero-order valence-corrected chi connectivity index (χ0v) is 12.6. The first-order chi connectivity index (χ1) is 8.31. The molecule has 2 unspecified atom stereocenters. The van der Waals surface area contributed by atoms with Crippen LogP contribution in [0, 0.1) is 5.92 Å². The van der Waals surface area contributed by atoms with Crippen molar-refractivity contribution >= 4 is 9.84 Å². The van der Waals surface area contributed by atoms with E-state index >= 15 is 0 Å². The van der Waals surface area contributed by atoms with Gasteiger partial charge in [0.15, 0.2) is 9.84 Å². The monoisotopic (exact) mass is 274 g/mol. The highest BCUT2D eigenvalue weighted by Crippen LogP contribution is 2.24. The van der Waals surface area contributed by atoms with E-state index < -0.39 is 9.84 Å². The molecule has 0 radical (unpaired) electrons. The van der Waals surface area contributed by atoms with Crippen LogP contribution in [-0.4, -0.2) is 56.0 Å². The number of rotatable bonds is 3. The van der Waals surface area contributed by atoms with Crippen molar-refractivity contribution in [1.82, 2.24) is 10.2 Å². The molecule has 1 N–H and O–H groups in total. The van der Waals surface area contributed by atoms with Crippen LogP contribution in [0.25, 0.3) is 0 Å². The van der Waals surface area contributed by atoms with Gasteiger partial charge in [0, 0.05) is 31.2 Å². The summed E-state index contributed by atoms with van der Waals surface area (Å²) in [5.41, 5.74) is 0.142. The third-order valence-electron chi connectivity index (χ3n) is 4.22. The molecule has 0 aromatic carbocycles. The quantitative estimate of drug-likeness (QED) is 0.830. The van der Waals surface area contributed by atoms with Crippen molar-refractivity contribution in [2.45, 2.75) is 45.2 Å². The molecular weight excluding hydrogens is 248 g/mol. The highest BCUT2D eigenvalue weighted by Gasteiger charge is 2.35. The molecule has 0 saturated carbocycles. The molecule has 2 rings (SSSR count). The van der Waals surface area contributed by atoms with Gasteiger partial charge in [-0.2, -0.15) is 0 Å². The Bertz CT molecular complexity index is 392. The minimum Gasteiger partial charge on any atom is -0.309 e. The van der Waals surface area contributed by atoms with Crippen molar-refractivity contribution in [2.75, 3.05) is 31.1 Å². The molecule has 2 fully saturated rings. The number of hydrogen-bond donors (Lipinski definition) is 1. The van der Waals surface area contributed by atoms with Gasteiger partial charge in [0.25, 0.3) is 0 Å². The van der Waals surface area contributed by atoms with Crippen molar-refractivity contribution in [2.24, 2.45) is 5.92 Å². The van der Waals surface area contributed by atoms with Gasteiger partial charge in [-0.15, -0.1) is 0 Å². The molecular formula is C13H26N2O2S. The Morgan fingerprint density at radius 2 is 2.11 bits per heavy atom. The van der Waals surface area contributed by atoms with Crippen LogP contribution < -0.4 is 5.32 Å². The second-order valence-corrected chi connectivity index (χ2v) is 8.75. The van der Waals surface area contributed by atoms with E-state index in [-0.39, 0.29) is 5.54 Å². The number of nitrogens with one attached hydrogen (secondary N) is 1. The Balaban J connectivity index is 1.97. The molecule has 0 bridgehead atoms. The Kier molecular flexibility index (Phi) is 4.04. The molecule has 106 valence electrons. The van der Waals surface area contributed by atoms with Gasteiger partial charge in [0.1, 0.15) is 0 Å². The third-order valence-corrected chi connectivity index (χ3v) is 6.06. The fourth-order valence-electron chi connectivity index (χ4n) is 3.18. The lowest BCUT2D eigenvalue weighted by molar-refractivity contribution is 0.0801. The molecule has 4 nitrogen and oxygen atoms in total. The van der Waals surface area contributed by atoms with E-state index in [1.165, 1.54) is 0 Å². The summed E-state index contributed by atoms with van der Waals surface area (Å²) in [7, 11) is -2.74. The van der Waals surface area contributed by atoms with E-state index in [1.807, 2.05) is 0 Å². The predicted molar refractivity (Wildman–Crippen MR) is 74.5 cm³/mol. The average Bonchev–Trinajstić information content (AvgIpc) is 2.57. The fraction of sp³-hybridized carbons (Fsp3) is 1.00. The van der Waals surface area contributed by atoms with Gasteiger partial charge in [0.2, 0.25) is 0 Å². The van der Waals surface area contributed by atoms with Crippen LogP contribution in [-0.2, 0) is 9.84 Å². The normalized spacial score (nSPS) is 35.7. The summed E-state index contributed by atoms with van der Waals surface area (Å²) < 4.78 is 23.1. The van der Waals surface area contributed by atoms with Crippen molar-refractivity contribution < 1.29 is 8.42 Å². The minimum atomic E-state index is -2.74. The molecule has 2 atom stereocenters. The van der Waals surface area contributed by atoms with Gasteiger partial charge in [-0.25, -0.2) is 8.42 Å². The zero-order chi connectivity index (χ0) is 13.4. The Labute approximate surface area is 111 Å². The minimum absolute atomic E-state index is 0.142. The highest BCUT2D eigenvalue weighted by atomic mass is 32.2. The molecule has 18 heavy (non-hydrogen) atoms. The fourth-order valence-corrected chi connectivity index (χ4v) is 5.03. The van der Waals surface area contributed by atoms with Gasteiger partial charge < -0.3 is 5.32 Å². The van der Waals surface area contributed by atoms with Crippen molar-refractivity contribution in [3.8, 4) is 0 Å². The van der Waals surface area contributed by atoms with E-state index in [2.05, 4.69) is 31.0 Å². The summed E-state index contributed by atoms with van der Waals surface area (Å²) in [5, 5.41) is 3.57. The average molecular weight is 274 g/mol. The zero-order valence-electron chi connectivity index (χ0n) is 11.8. The van der Waals surface area contributed by atoms with Crippen molar-refractivity contribution in [3.05, 3.63) is 0 Å². The maximum atomic E-state index is 11.5. The van der Waals surface area contributed by atoms with Gasteiger partial charge in [-0.1, -0.05) is 6.92 Å². The van der Waals surface area contributed by atoms with Crippen molar-refractivity contribution in [1.29, 1.82) is 0 Å². The van der Waals surface area contributed by atoms with Crippen LogP contribution in [0.4, 0.5) is 0 Å². The Hall–Kier alpha value is -0.130. The molecule has 2 heterocycles. The van der Waals surface area contributed by atoms with Crippen LogP contribution in [0.2, 0.25) is 0 Å². The van der Waals surface area contributed by atoms with Crippen LogP contribution >= 0.6 is 0 Å². The molecule has 2 aliphatic rings. The molecule has 5 heteroatoms. The summed E-state index contributed by atoms with van der Waals surface area (Å²) >= 11 is 0. The second-order valence-electron chi connectivity index (χ2n) is 6.53. The van der Waals surface area contributed by atoms with Crippen LogP contribution in [0.15, 0.2) is 0 Å². The maximum Gasteiger partial charge on any atom is 0.150 e. The summed E-state index contributed by atoms with van der Waals surface area (Å²) in [5.74, 6) is 1.13. The van der Waals surface area contributed by atoms with Crippen LogP contribution in [0.1, 0.15) is 33.6 Å². The first-order valence-electron chi connectivity index (χ1n) is 7.01. The van der Waals surface area contributed by atoms with E-state index in [1.54, 1.807) is 0 Å². The first kappa shape index (κ1) is 14.3. The molecule has 0 aromatic rings. The standard InChI is InChI=1S/C13H26N2O2S/c1-4-12-7-14-13(2,3)10-15(12)8-11-5-6-18(16,17)9-11/h11-12,14H,4-10H2,1-3H3. The van der Waals surface area contributed by atoms with E-state index in [0.717, 1.165) is 32.5 Å². The SMILES string of the molecule is CCC1CNC(C)(C)CN1CC1CCS(=O)(=O)C1. The van der Waals surface area contributed by atoms with E-state index in [9.17, 15) is 8.42 Å². The highest BCUT2D eigenvalue weighted by molar-refractivity contribution is 7.91. The lowest BCUT2D eigenvalue weighted by atomic mass is 9.96. The molecule has 0 aromatic heterocycles. The van der Waals surface area contributed by atoms with E-state index in [0.29, 0.717) is 23.5 Å². The topological polar surface area (TPSA) is 49.4 Å². The van der Waals surface area contributed by atoms with Gasteiger partial charge in [-0.3, -0.25) is 4.90 Å². The smallest absolute Gasteiger partial charge is 0.150 e. The van der Waals surface area contributed by atoms with Crippen LogP contribution in [0.5, 0.6) is 0 Å². The van der Waals surface area contributed by atoms with Crippen molar-refractivity contribution in [3.63, 3.8) is 0 Å². The molecule has 0 amide bonds. The first-order valence-corrected chi connectivity index (χ1v) is 8.83. The number of nitrogens with zero attached hydrogens (tertiary/aromatic N) is 1. The Morgan fingerprint density at radius 3 is 2.67 bits per heavy atom. The largest absolute Gasteiger partial charge is 0.309 e. The van der Waals surface area contributed by atoms with E-state index in [4.69, 9.17) is 0 Å². The van der Waals surface area contributed by atoms with Gasteiger partial charge in [-0.05, 0) is 32.6 Å². The molecule has 2 aliphatic heterocycles. The second kappa shape index (κ2) is 5.10. The summed E-state index contributed by atoms with van der Waals surface area (Å²) in [6, 6.07) is 0.557. The predicted octanol–water partition coefficient (Wildman–Crippen LogP) is 0.884. The number of hydrogen-bond acceptors (Lipinski definition) is 4. The molecule has 0 aliphatic carbocycles. The summed E-state index contributed by atoms with van der Waals surface area (Å²) in [6.07, 6.45) is 1.98. The molecule has 2 saturated heterocycles. The number of sulfone groups is 1. The van der Waals surface area contributed by atoms with Crippen LogP contribution in [0.3, 0.4) is 0 Å². The lowest BCUT2D eigenvalue weighted by Crippen LogP contribution is -2.62. The van der Waals surface area contributed by atoms with Gasteiger partial charge >= 0.3 is 0 Å². The Morgan fingerprint density at radius 1 is 1.39 bits per heavy atom. The number of piperazine rings is 1.